The minimum absolute atomic E-state index is 0.00593. The predicted octanol–water partition coefficient (Wildman–Crippen LogP) is 1.06. The van der Waals surface area contributed by atoms with Crippen LogP contribution < -0.4 is 0 Å². The predicted molar refractivity (Wildman–Crippen MR) is 51.0 cm³/mol. The summed E-state index contributed by atoms with van der Waals surface area (Å²) in [5, 5.41) is 0. The number of methoxy groups -OCH3 is 1. The molecule has 0 atom stereocenters. The highest BCUT2D eigenvalue weighted by atomic mass is 19.4. The molecule has 4 nitrogen and oxygen atoms in total. The normalized spacial score (nSPS) is 11.6. The van der Waals surface area contributed by atoms with Gasteiger partial charge in [0.15, 0.2) is 0 Å². The van der Waals surface area contributed by atoms with Gasteiger partial charge in [-0.05, 0) is 6.92 Å². The zero-order valence-electron chi connectivity index (χ0n) is 9.34. The highest BCUT2D eigenvalue weighted by Gasteiger charge is 2.32. The van der Waals surface area contributed by atoms with Crippen molar-refractivity contribution in [2.45, 2.75) is 13.1 Å². The maximum atomic E-state index is 12.0. The second kappa shape index (κ2) is 7.45. The number of amides is 1. The summed E-state index contributed by atoms with van der Waals surface area (Å²) in [4.78, 5) is 12.0. The van der Waals surface area contributed by atoms with E-state index in [0.717, 1.165) is 0 Å². The Morgan fingerprint density at radius 1 is 1.31 bits per heavy atom. The lowest BCUT2D eigenvalue weighted by molar-refractivity contribution is -0.163. The number of nitrogens with zero attached hydrogens (tertiary/aromatic N) is 1. The lowest BCUT2D eigenvalue weighted by atomic mass is 10.4. The van der Waals surface area contributed by atoms with Crippen molar-refractivity contribution in [3.8, 4) is 0 Å². The molecule has 0 aliphatic carbocycles. The number of halogens is 3. The van der Waals surface area contributed by atoms with E-state index in [1.807, 2.05) is 0 Å². The monoisotopic (exact) mass is 243 g/mol. The molecule has 0 unspecified atom stereocenters. The van der Waals surface area contributed by atoms with E-state index in [1.54, 1.807) is 0 Å². The standard InChI is InChI=1S/C9H16F3NO3/c1-3-13(7-9(10,11)12)8(14)6-16-5-4-15-2/h3-7H2,1-2H3. The molecule has 0 aromatic carbocycles. The maximum Gasteiger partial charge on any atom is 0.406 e. The van der Waals surface area contributed by atoms with Crippen LogP contribution in [0.4, 0.5) is 13.2 Å². The van der Waals surface area contributed by atoms with Gasteiger partial charge < -0.3 is 14.4 Å². The van der Waals surface area contributed by atoms with Crippen molar-refractivity contribution in [1.82, 2.24) is 4.90 Å². The fourth-order valence-electron chi connectivity index (χ4n) is 0.986. The zero-order chi connectivity index (χ0) is 12.6. The molecule has 0 fully saturated rings. The molecular weight excluding hydrogens is 227 g/mol. The van der Waals surface area contributed by atoms with Crippen LogP contribution in [0.25, 0.3) is 0 Å². The number of ether oxygens (including phenoxy) is 2. The molecule has 7 heteroatoms. The van der Waals surface area contributed by atoms with Gasteiger partial charge in [0.05, 0.1) is 13.2 Å². The topological polar surface area (TPSA) is 38.8 Å². The summed E-state index contributed by atoms with van der Waals surface area (Å²) in [5.41, 5.74) is 0. The lowest BCUT2D eigenvalue weighted by Gasteiger charge is -2.22. The van der Waals surface area contributed by atoms with Crippen LogP contribution in [0.3, 0.4) is 0 Å². The second-order valence-corrected chi connectivity index (χ2v) is 3.07. The summed E-state index contributed by atoms with van der Waals surface area (Å²) in [7, 11) is 1.47. The van der Waals surface area contributed by atoms with E-state index in [0.29, 0.717) is 11.5 Å². The number of carbonyl (C=O) groups excluding carboxylic acids is 1. The number of hydrogen-bond donors (Lipinski definition) is 0. The van der Waals surface area contributed by atoms with E-state index < -0.39 is 18.6 Å². The number of rotatable bonds is 7. The van der Waals surface area contributed by atoms with E-state index in [2.05, 4.69) is 4.74 Å². The minimum Gasteiger partial charge on any atom is -0.382 e. The van der Waals surface area contributed by atoms with Crippen molar-refractivity contribution >= 4 is 5.91 Å². The summed E-state index contributed by atoms with van der Waals surface area (Å²) in [6.07, 6.45) is -4.38. The molecule has 0 heterocycles. The fourth-order valence-corrected chi connectivity index (χ4v) is 0.986. The first kappa shape index (κ1) is 15.2. The third-order valence-corrected chi connectivity index (χ3v) is 1.76. The summed E-state index contributed by atoms with van der Waals surface area (Å²) >= 11 is 0. The van der Waals surface area contributed by atoms with E-state index in [1.165, 1.54) is 14.0 Å². The summed E-state index contributed by atoms with van der Waals surface area (Å²) in [6.45, 7) is 0.387. The number of alkyl halides is 3. The van der Waals surface area contributed by atoms with Crippen LogP contribution in [-0.2, 0) is 14.3 Å². The molecule has 0 aliphatic rings. The summed E-state index contributed by atoms with van der Waals surface area (Å²) < 4.78 is 45.6. The second-order valence-electron chi connectivity index (χ2n) is 3.07. The molecule has 16 heavy (non-hydrogen) atoms. The third kappa shape index (κ3) is 7.47. The Morgan fingerprint density at radius 2 is 1.94 bits per heavy atom. The van der Waals surface area contributed by atoms with E-state index >= 15 is 0 Å². The van der Waals surface area contributed by atoms with E-state index in [4.69, 9.17) is 4.74 Å². The van der Waals surface area contributed by atoms with E-state index in [-0.39, 0.29) is 19.8 Å². The number of carbonyl (C=O) groups is 1. The molecule has 0 aromatic rings. The average Bonchev–Trinajstić information content (AvgIpc) is 2.19. The van der Waals surface area contributed by atoms with Crippen LogP contribution in [0.5, 0.6) is 0 Å². The van der Waals surface area contributed by atoms with Gasteiger partial charge in [0.25, 0.3) is 0 Å². The molecule has 0 radical (unpaired) electrons. The average molecular weight is 243 g/mol. The molecule has 0 spiro atoms. The number of likely N-dealkylation sites (N-methyl/N-ethyl adjacent to an activating group) is 1. The Hall–Kier alpha value is -0.820. The molecule has 0 saturated carbocycles. The Balaban J connectivity index is 3.92. The van der Waals surface area contributed by atoms with Crippen molar-refractivity contribution in [3.63, 3.8) is 0 Å². The lowest BCUT2D eigenvalue weighted by Crippen LogP contribution is -2.40. The fraction of sp³-hybridized carbons (Fsp3) is 0.889. The maximum absolute atomic E-state index is 12.0. The van der Waals surface area contributed by atoms with Crippen LogP contribution in [0.2, 0.25) is 0 Å². The van der Waals surface area contributed by atoms with Gasteiger partial charge in [0.1, 0.15) is 13.2 Å². The molecular formula is C9H16F3NO3. The summed E-state index contributed by atoms with van der Waals surface area (Å²) in [5.74, 6) is -0.670. The van der Waals surface area contributed by atoms with Crippen LogP contribution in [0.1, 0.15) is 6.92 Å². The van der Waals surface area contributed by atoms with Crippen LogP contribution in [0, 0.1) is 0 Å². The Bertz CT molecular complexity index is 209. The minimum atomic E-state index is -4.38. The van der Waals surface area contributed by atoms with Gasteiger partial charge in [-0.2, -0.15) is 13.2 Å². The van der Waals surface area contributed by atoms with Gasteiger partial charge in [-0.3, -0.25) is 4.79 Å². The largest absolute Gasteiger partial charge is 0.406 e. The molecule has 0 aliphatic heterocycles. The molecule has 96 valence electrons. The van der Waals surface area contributed by atoms with Crippen molar-refractivity contribution < 1.29 is 27.4 Å². The summed E-state index contributed by atoms with van der Waals surface area (Å²) in [6, 6.07) is 0. The Kier molecular flexibility index (Phi) is 7.07. The first-order valence-corrected chi connectivity index (χ1v) is 4.82. The van der Waals surface area contributed by atoms with Crippen LogP contribution in [0.15, 0.2) is 0 Å². The zero-order valence-corrected chi connectivity index (χ0v) is 9.34. The Morgan fingerprint density at radius 3 is 2.38 bits per heavy atom. The highest BCUT2D eigenvalue weighted by Crippen LogP contribution is 2.16. The van der Waals surface area contributed by atoms with Crippen molar-refractivity contribution in [2.24, 2.45) is 0 Å². The van der Waals surface area contributed by atoms with Crippen molar-refractivity contribution in [1.29, 1.82) is 0 Å². The molecule has 0 saturated heterocycles. The molecule has 0 bridgehead atoms. The SMILES string of the molecule is CCN(CC(F)(F)F)C(=O)COCCOC. The highest BCUT2D eigenvalue weighted by molar-refractivity contribution is 5.77. The smallest absolute Gasteiger partial charge is 0.382 e. The van der Waals surface area contributed by atoms with Gasteiger partial charge in [0.2, 0.25) is 5.91 Å². The van der Waals surface area contributed by atoms with Gasteiger partial charge in [-0.25, -0.2) is 0 Å². The number of hydrogen-bond acceptors (Lipinski definition) is 3. The quantitative estimate of drug-likeness (QED) is 0.628. The molecule has 1 amide bonds. The van der Waals surface area contributed by atoms with Gasteiger partial charge in [0, 0.05) is 13.7 Å². The van der Waals surface area contributed by atoms with Crippen molar-refractivity contribution in [2.75, 3.05) is 40.0 Å². The first-order valence-electron chi connectivity index (χ1n) is 4.82. The van der Waals surface area contributed by atoms with Crippen LogP contribution in [-0.4, -0.2) is 57.0 Å². The Labute approximate surface area is 92.3 Å². The van der Waals surface area contributed by atoms with Crippen molar-refractivity contribution in [3.05, 3.63) is 0 Å². The van der Waals surface area contributed by atoms with Crippen LogP contribution >= 0.6 is 0 Å². The molecule has 0 aromatic heterocycles. The molecule has 0 N–H and O–H groups in total. The van der Waals surface area contributed by atoms with Gasteiger partial charge in [-0.15, -0.1) is 0 Å². The molecule has 0 rings (SSSR count). The van der Waals surface area contributed by atoms with E-state index in [9.17, 15) is 18.0 Å². The third-order valence-electron chi connectivity index (χ3n) is 1.76. The van der Waals surface area contributed by atoms with Gasteiger partial charge >= 0.3 is 6.18 Å². The van der Waals surface area contributed by atoms with Gasteiger partial charge in [-0.1, -0.05) is 0 Å². The first-order chi connectivity index (χ1) is 7.40.